The second-order valence-electron chi connectivity index (χ2n) is 7.70. The summed E-state index contributed by atoms with van der Waals surface area (Å²) in [5.41, 5.74) is 0.706. The number of carbonyl (C=O) groups excluding carboxylic acids is 1. The van der Waals surface area contributed by atoms with Crippen LogP contribution in [0.3, 0.4) is 0 Å². The maximum absolute atomic E-state index is 14.7. The van der Waals surface area contributed by atoms with E-state index in [0.29, 0.717) is 37.1 Å². The Bertz CT molecular complexity index is 1120. The lowest BCUT2D eigenvalue weighted by molar-refractivity contribution is -0.0498. The number of hydrogen-bond donors (Lipinski definition) is 2. The fraction of sp³-hybridized carbons (Fsp3) is 0.348. The lowest BCUT2D eigenvalue weighted by Crippen LogP contribution is -2.35. The molecule has 0 unspecified atom stereocenters. The molecule has 1 fully saturated rings. The molecular weight excluding hydrogens is 482 g/mol. The summed E-state index contributed by atoms with van der Waals surface area (Å²) in [4.78, 5) is 21.9. The smallest absolute Gasteiger partial charge is 0.387 e. The van der Waals surface area contributed by atoms with Gasteiger partial charge in [-0.2, -0.15) is 8.78 Å². The fourth-order valence-electron chi connectivity index (χ4n) is 3.43. The van der Waals surface area contributed by atoms with Crippen LogP contribution in [0.2, 0.25) is 0 Å². The van der Waals surface area contributed by atoms with Gasteiger partial charge in [-0.25, -0.2) is 13.8 Å². The minimum absolute atomic E-state index is 0.0399. The zero-order valence-corrected chi connectivity index (χ0v) is 19.4. The summed E-state index contributed by atoms with van der Waals surface area (Å²) in [5, 5.41) is 13.1. The third-order valence-electron chi connectivity index (χ3n) is 5.25. The number of nitrogens with zero attached hydrogens (tertiary/aromatic N) is 5. The topological polar surface area (TPSA) is 104 Å². The molecule has 9 nitrogen and oxygen atoms in total. The molecule has 2 heterocycles. The van der Waals surface area contributed by atoms with E-state index in [2.05, 4.69) is 42.3 Å². The van der Waals surface area contributed by atoms with Crippen molar-refractivity contribution in [1.29, 1.82) is 0 Å². The van der Waals surface area contributed by atoms with E-state index in [4.69, 9.17) is 0 Å². The van der Waals surface area contributed by atoms with Gasteiger partial charge in [-0.3, -0.25) is 14.7 Å². The van der Waals surface area contributed by atoms with Crippen molar-refractivity contribution in [3.63, 3.8) is 0 Å². The van der Waals surface area contributed by atoms with E-state index in [1.807, 2.05) is 4.90 Å². The van der Waals surface area contributed by atoms with Crippen LogP contribution in [0, 0.1) is 0 Å². The van der Waals surface area contributed by atoms with Crippen molar-refractivity contribution in [2.45, 2.75) is 25.6 Å². The molecule has 1 aromatic heterocycles. The number of benzene rings is 1. The van der Waals surface area contributed by atoms with E-state index in [1.54, 1.807) is 0 Å². The molecule has 0 bridgehead atoms. The first-order valence-electron chi connectivity index (χ1n) is 11.0. The molecule has 36 heavy (non-hydrogen) atoms. The van der Waals surface area contributed by atoms with Crippen LogP contribution >= 0.6 is 0 Å². The number of rotatable bonds is 9. The molecule has 13 heteroatoms. The van der Waals surface area contributed by atoms with Crippen molar-refractivity contribution in [3.8, 4) is 16.9 Å². The number of ether oxygens (including phenoxy) is 1. The Morgan fingerprint density at radius 1 is 1.28 bits per heavy atom. The standard InChI is InChI=1S/C23H25F4N7O2/c1-28-12-18(25)21(30-13-34-9-7-15(24)8-10-34)31-19-11-17(20(33-32-19)22(35)29-2)14-3-5-16(6-4-14)36-23(26)27/h3-6,11-12,15,23H,1,7-10,13H2,2H3,(H,29,35)(H,30,31,32)/b18-12+. The Balaban J connectivity index is 1.91. The van der Waals surface area contributed by atoms with Gasteiger partial charge in [-0.05, 0) is 43.3 Å². The van der Waals surface area contributed by atoms with Crippen LogP contribution in [-0.2, 0) is 0 Å². The number of aromatic nitrogens is 2. The zero-order chi connectivity index (χ0) is 26.1. The third-order valence-corrected chi connectivity index (χ3v) is 5.25. The molecule has 1 saturated heterocycles. The Kier molecular flexibility index (Phi) is 9.45. The molecule has 1 aliphatic rings. The van der Waals surface area contributed by atoms with E-state index in [0.717, 1.165) is 6.20 Å². The van der Waals surface area contributed by atoms with Gasteiger partial charge in [-0.1, -0.05) is 12.1 Å². The summed E-state index contributed by atoms with van der Waals surface area (Å²) in [6.45, 7) is 1.33. The van der Waals surface area contributed by atoms with Gasteiger partial charge in [-0.15, -0.1) is 10.2 Å². The molecule has 3 rings (SSSR count). The summed E-state index contributed by atoms with van der Waals surface area (Å²) in [6.07, 6.45) is 0.769. The van der Waals surface area contributed by atoms with E-state index in [-0.39, 0.29) is 29.8 Å². The van der Waals surface area contributed by atoms with E-state index in [9.17, 15) is 22.4 Å². The van der Waals surface area contributed by atoms with E-state index < -0.39 is 24.5 Å². The average Bonchev–Trinajstić information content (AvgIpc) is 2.87. The highest BCUT2D eigenvalue weighted by Crippen LogP contribution is 2.27. The Morgan fingerprint density at radius 3 is 2.58 bits per heavy atom. The normalized spacial score (nSPS) is 15.6. The van der Waals surface area contributed by atoms with Gasteiger partial charge >= 0.3 is 6.61 Å². The third kappa shape index (κ3) is 7.31. The van der Waals surface area contributed by atoms with Crippen molar-refractivity contribution in [2.24, 2.45) is 9.98 Å². The largest absolute Gasteiger partial charge is 0.435 e. The molecule has 2 N–H and O–H groups in total. The van der Waals surface area contributed by atoms with Crippen LogP contribution in [0.5, 0.6) is 5.75 Å². The highest BCUT2D eigenvalue weighted by atomic mass is 19.3. The Morgan fingerprint density at radius 2 is 1.97 bits per heavy atom. The van der Waals surface area contributed by atoms with Crippen LogP contribution in [0.1, 0.15) is 23.3 Å². The first-order valence-corrected chi connectivity index (χ1v) is 11.0. The van der Waals surface area contributed by atoms with Gasteiger partial charge in [0.15, 0.2) is 23.2 Å². The molecule has 0 aliphatic carbocycles. The minimum atomic E-state index is -2.98. The minimum Gasteiger partial charge on any atom is -0.435 e. The molecule has 0 saturated carbocycles. The molecule has 1 aromatic carbocycles. The average molecular weight is 507 g/mol. The van der Waals surface area contributed by atoms with Gasteiger partial charge in [0.1, 0.15) is 11.9 Å². The number of amidine groups is 1. The molecule has 0 radical (unpaired) electrons. The summed E-state index contributed by atoms with van der Waals surface area (Å²) in [5.74, 6) is -1.58. The molecule has 1 aliphatic heterocycles. The first kappa shape index (κ1) is 26.7. The number of amides is 1. The first-order chi connectivity index (χ1) is 17.3. The Hall–Kier alpha value is -3.87. The quantitative estimate of drug-likeness (QED) is 0.304. The van der Waals surface area contributed by atoms with Crippen molar-refractivity contribution in [1.82, 2.24) is 20.4 Å². The van der Waals surface area contributed by atoms with Gasteiger partial charge in [0, 0.05) is 25.7 Å². The summed E-state index contributed by atoms with van der Waals surface area (Å²) >= 11 is 0. The van der Waals surface area contributed by atoms with Crippen LogP contribution in [0.25, 0.3) is 11.1 Å². The lowest BCUT2D eigenvalue weighted by atomic mass is 10.0. The molecule has 0 atom stereocenters. The summed E-state index contributed by atoms with van der Waals surface area (Å²) < 4.78 is 57.4. The molecule has 0 spiro atoms. The van der Waals surface area contributed by atoms with Crippen LogP contribution in [-0.4, -0.2) is 73.1 Å². The molecular formula is C23H25F4N7O2. The van der Waals surface area contributed by atoms with Crippen LogP contribution < -0.4 is 15.4 Å². The molecule has 1 amide bonds. The highest BCUT2D eigenvalue weighted by Gasteiger charge is 2.20. The van der Waals surface area contributed by atoms with Gasteiger partial charge < -0.3 is 15.4 Å². The van der Waals surface area contributed by atoms with Crippen molar-refractivity contribution < 1.29 is 27.1 Å². The zero-order valence-electron chi connectivity index (χ0n) is 19.4. The number of piperidine rings is 1. The van der Waals surface area contributed by atoms with Gasteiger partial charge in [0.2, 0.25) is 0 Å². The SMILES string of the molecule is C=N/C=C(F)\C(=N/CN1CCC(F)CC1)Nc1cc(-c2ccc(OC(F)F)cc2)c(C(=O)NC)nn1. The van der Waals surface area contributed by atoms with E-state index in [1.165, 1.54) is 37.4 Å². The Labute approximate surface area is 205 Å². The second kappa shape index (κ2) is 12.7. The molecule has 2 aromatic rings. The number of aliphatic imine (C=N–C) groups is 2. The maximum Gasteiger partial charge on any atom is 0.387 e. The van der Waals surface area contributed by atoms with Crippen molar-refractivity contribution in [3.05, 3.63) is 48.1 Å². The van der Waals surface area contributed by atoms with Crippen LogP contribution in [0.15, 0.2) is 52.3 Å². The number of anilines is 1. The second-order valence-corrected chi connectivity index (χ2v) is 7.70. The monoisotopic (exact) mass is 507 g/mol. The molecule has 192 valence electrons. The highest BCUT2D eigenvalue weighted by molar-refractivity contribution is 6.06. The van der Waals surface area contributed by atoms with E-state index >= 15 is 0 Å². The summed E-state index contributed by atoms with van der Waals surface area (Å²) in [7, 11) is 1.42. The van der Waals surface area contributed by atoms with Crippen molar-refractivity contribution >= 4 is 24.3 Å². The predicted octanol–water partition coefficient (Wildman–Crippen LogP) is 3.82. The predicted molar refractivity (Wildman–Crippen MR) is 128 cm³/mol. The van der Waals surface area contributed by atoms with Gasteiger partial charge in [0.05, 0.1) is 12.9 Å². The fourth-order valence-corrected chi connectivity index (χ4v) is 3.43. The number of alkyl halides is 3. The number of carbonyl (C=O) groups is 1. The van der Waals surface area contributed by atoms with Crippen molar-refractivity contribution in [2.75, 3.05) is 32.1 Å². The summed E-state index contributed by atoms with van der Waals surface area (Å²) in [6, 6.07) is 7.01. The number of nitrogens with one attached hydrogen (secondary N) is 2. The number of halogens is 4. The number of likely N-dealkylation sites (tertiary alicyclic amines) is 1. The lowest BCUT2D eigenvalue weighted by Gasteiger charge is -2.27. The number of hydrogen-bond acceptors (Lipinski definition) is 7. The van der Waals surface area contributed by atoms with Crippen LogP contribution in [0.4, 0.5) is 23.4 Å². The maximum atomic E-state index is 14.7. The van der Waals surface area contributed by atoms with Gasteiger partial charge in [0.25, 0.3) is 5.91 Å².